The van der Waals surface area contributed by atoms with Crippen LogP contribution in [-0.2, 0) is 0 Å². The second kappa shape index (κ2) is 11.2. The Morgan fingerprint density at radius 3 is 1.78 bits per heavy atom. The molecule has 0 bridgehead atoms. The van der Waals surface area contributed by atoms with Crippen LogP contribution in [0.5, 0.6) is 0 Å². The second-order valence-corrected chi connectivity index (χ2v) is 2.16. The number of rotatable bonds is 3. The van der Waals surface area contributed by atoms with E-state index in [-0.39, 0.29) is 0 Å². The summed E-state index contributed by atoms with van der Waals surface area (Å²) >= 11 is 0. The van der Waals surface area contributed by atoms with Gasteiger partial charge in [0.25, 0.3) is 0 Å². The van der Waals surface area contributed by atoms with Gasteiger partial charge in [0.2, 0.25) is 0 Å². The molecule has 9 heavy (non-hydrogen) atoms. The van der Waals surface area contributed by atoms with Crippen LogP contribution >= 0.6 is 9.24 Å². The Morgan fingerprint density at radius 2 is 1.67 bits per heavy atom. The van der Waals surface area contributed by atoms with Crippen LogP contribution in [0.1, 0.15) is 19.8 Å². The highest BCUT2D eigenvalue weighted by molar-refractivity contribution is 7.15. The zero-order valence-corrected chi connectivity index (χ0v) is 8.30. The molecule has 1 atom stereocenters. The van der Waals surface area contributed by atoms with Crippen molar-refractivity contribution >= 4 is 9.24 Å². The lowest BCUT2D eigenvalue weighted by Crippen LogP contribution is -2.12. The van der Waals surface area contributed by atoms with Crippen molar-refractivity contribution in [2.24, 2.45) is 0 Å². The molecule has 0 rings (SSSR count). The van der Waals surface area contributed by atoms with Gasteiger partial charge in [-0.05, 0) is 27.1 Å². The van der Waals surface area contributed by atoms with Crippen LogP contribution in [0, 0.1) is 0 Å². The maximum Gasteiger partial charge on any atom is -0.00249 e. The molecule has 2 heteroatoms. The van der Waals surface area contributed by atoms with Gasteiger partial charge in [-0.1, -0.05) is 20.0 Å². The van der Waals surface area contributed by atoms with Gasteiger partial charge in [0.15, 0.2) is 0 Å². The third-order valence-corrected chi connectivity index (χ3v) is 0.959. The number of hydrogen-bond acceptors (Lipinski definition) is 1. The van der Waals surface area contributed by atoms with Gasteiger partial charge in [0.1, 0.15) is 0 Å². The summed E-state index contributed by atoms with van der Waals surface area (Å²) in [6.07, 6.45) is 2.63. The predicted octanol–water partition coefficient (Wildman–Crippen LogP) is 1.84. The Kier molecular flexibility index (Phi) is 15.1. The number of hydrogen-bond donors (Lipinski definition) is 0. The van der Waals surface area contributed by atoms with Crippen LogP contribution in [0.3, 0.4) is 0 Å². The highest BCUT2D eigenvalue weighted by Gasteiger charge is 1.83. The van der Waals surface area contributed by atoms with Gasteiger partial charge >= 0.3 is 0 Å². The molecule has 0 aliphatic carbocycles. The van der Waals surface area contributed by atoms with Gasteiger partial charge in [-0.2, -0.15) is 0 Å². The fraction of sp³-hybridized carbons (Fsp3) is 1.00. The van der Waals surface area contributed by atoms with Crippen molar-refractivity contribution < 1.29 is 0 Å². The van der Waals surface area contributed by atoms with Crippen molar-refractivity contribution in [3.8, 4) is 0 Å². The molecular formula is C7H20NP. The summed E-state index contributed by atoms with van der Waals surface area (Å²) in [5.74, 6) is 0. The lowest BCUT2D eigenvalue weighted by atomic mass is 10.3. The van der Waals surface area contributed by atoms with E-state index in [0.717, 1.165) is 0 Å². The summed E-state index contributed by atoms with van der Waals surface area (Å²) in [4.78, 5) is 2.21. The highest BCUT2D eigenvalue weighted by atomic mass is 31.0. The maximum atomic E-state index is 2.42. The summed E-state index contributed by atoms with van der Waals surface area (Å²) in [7, 11) is 6.63. The average Bonchev–Trinajstić information content (AvgIpc) is 1.88. The van der Waals surface area contributed by atoms with E-state index in [1.807, 2.05) is 6.66 Å². The SMILES string of the molecule is CCCCN(C)C.CP. The maximum absolute atomic E-state index is 2.42. The quantitative estimate of drug-likeness (QED) is 0.553. The minimum Gasteiger partial charge on any atom is -0.309 e. The van der Waals surface area contributed by atoms with E-state index in [1.165, 1.54) is 19.4 Å². The fourth-order valence-corrected chi connectivity index (χ4v) is 0.474. The fourth-order valence-electron chi connectivity index (χ4n) is 0.474. The average molecular weight is 149 g/mol. The van der Waals surface area contributed by atoms with E-state index in [2.05, 4.69) is 35.2 Å². The molecule has 0 radical (unpaired) electrons. The molecule has 0 fully saturated rings. The van der Waals surface area contributed by atoms with E-state index < -0.39 is 0 Å². The standard InChI is InChI=1S/C6H15N.CH5P/c1-4-5-6-7(2)3;1-2/h4-6H2,1-3H3;2H2,1H3. The monoisotopic (exact) mass is 149 g/mol. The third kappa shape index (κ3) is 17.8. The number of nitrogens with zero attached hydrogens (tertiary/aromatic N) is 1. The van der Waals surface area contributed by atoms with Crippen LogP contribution in [0.2, 0.25) is 0 Å². The van der Waals surface area contributed by atoms with Gasteiger partial charge < -0.3 is 4.90 Å². The van der Waals surface area contributed by atoms with E-state index in [4.69, 9.17) is 0 Å². The van der Waals surface area contributed by atoms with Crippen molar-refractivity contribution in [1.29, 1.82) is 0 Å². The molecule has 0 aromatic heterocycles. The molecule has 1 nitrogen and oxygen atoms in total. The Balaban J connectivity index is 0. The van der Waals surface area contributed by atoms with Gasteiger partial charge in [-0.15, -0.1) is 9.24 Å². The van der Waals surface area contributed by atoms with E-state index >= 15 is 0 Å². The molecule has 0 aromatic rings. The first-order chi connectivity index (χ1) is 4.27. The molecule has 0 saturated carbocycles. The molecule has 0 aliphatic rings. The molecule has 1 unspecified atom stereocenters. The smallest absolute Gasteiger partial charge is 0.00249 e. The summed E-state index contributed by atoms with van der Waals surface area (Å²) in [5, 5.41) is 0. The molecular weight excluding hydrogens is 129 g/mol. The van der Waals surface area contributed by atoms with Crippen LogP contribution in [0.4, 0.5) is 0 Å². The van der Waals surface area contributed by atoms with Gasteiger partial charge in [0, 0.05) is 0 Å². The second-order valence-electron chi connectivity index (χ2n) is 2.16. The van der Waals surface area contributed by atoms with Gasteiger partial charge in [0.05, 0.1) is 0 Å². The largest absolute Gasteiger partial charge is 0.309 e. The minimum atomic E-state index is 1.23. The Hall–Kier alpha value is 0.390. The first-order valence-electron chi connectivity index (χ1n) is 3.50. The normalized spacial score (nSPS) is 8.67. The molecule has 0 N–H and O–H groups in total. The molecule has 0 heterocycles. The summed E-state index contributed by atoms with van der Waals surface area (Å²) in [6, 6.07) is 0. The first-order valence-corrected chi connectivity index (χ1v) is 4.65. The minimum absolute atomic E-state index is 1.23. The lowest BCUT2D eigenvalue weighted by Gasteiger charge is -2.05. The third-order valence-electron chi connectivity index (χ3n) is 0.959. The molecule has 0 aromatic carbocycles. The van der Waals surface area contributed by atoms with Gasteiger partial charge in [-0.3, -0.25) is 0 Å². The van der Waals surface area contributed by atoms with Crippen LogP contribution in [0.25, 0.3) is 0 Å². The molecule has 0 saturated heterocycles. The van der Waals surface area contributed by atoms with E-state index in [9.17, 15) is 0 Å². The van der Waals surface area contributed by atoms with Crippen LogP contribution in [-0.4, -0.2) is 32.2 Å². The Bertz CT molecular complexity index is 37.9. The molecule has 0 spiro atoms. The van der Waals surface area contributed by atoms with Crippen LogP contribution < -0.4 is 0 Å². The Morgan fingerprint density at radius 1 is 1.22 bits per heavy atom. The zero-order valence-electron chi connectivity index (χ0n) is 7.15. The Labute approximate surface area is 62.0 Å². The van der Waals surface area contributed by atoms with Crippen molar-refractivity contribution in [3.05, 3.63) is 0 Å². The van der Waals surface area contributed by atoms with Gasteiger partial charge in [-0.25, -0.2) is 0 Å². The van der Waals surface area contributed by atoms with E-state index in [0.29, 0.717) is 0 Å². The summed E-state index contributed by atoms with van der Waals surface area (Å²) in [6.45, 7) is 5.36. The van der Waals surface area contributed by atoms with Crippen molar-refractivity contribution in [2.45, 2.75) is 19.8 Å². The summed E-state index contributed by atoms with van der Waals surface area (Å²) in [5.41, 5.74) is 0. The van der Waals surface area contributed by atoms with Crippen molar-refractivity contribution in [2.75, 3.05) is 27.3 Å². The zero-order chi connectivity index (χ0) is 7.70. The molecule has 0 amide bonds. The molecule has 58 valence electrons. The topological polar surface area (TPSA) is 3.24 Å². The lowest BCUT2D eigenvalue weighted by molar-refractivity contribution is 0.398. The number of unbranched alkanes of at least 4 members (excludes halogenated alkanes) is 1. The highest BCUT2D eigenvalue weighted by Crippen LogP contribution is 1.86. The van der Waals surface area contributed by atoms with Crippen molar-refractivity contribution in [3.63, 3.8) is 0 Å². The first kappa shape index (κ1) is 12.1. The van der Waals surface area contributed by atoms with E-state index in [1.54, 1.807) is 0 Å². The van der Waals surface area contributed by atoms with Crippen molar-refractivity contribution in [1.82, 2.24) is 4.90 Å². The summed E-state index contributed by atoms with van der Waals surface area (Å²) < 4.78 is 0. The van der Waals surface area contributed by atoms with Crippen LogP contribution in [0.15, 0.2) is 0 Å². The predicted molar refractivity (Wildman–Crippen MR) is 49.1 cm³/mol. The molecule has 0 aliphatic heterocycles.